The molecule has 0 aromatic heterocycles. The first-order chi connectivity index (χ1) is 8.28. The lowest BCUT2D eigenvalue weighted by Crippen LogP contribution is -2.52. The van der Waals surface area contributed by atoms with Crippen LogP contribution in [0, 0.1) is 0 Å². The van der Waals surface area contributed by atoms with Gasteiger partial charge in [0.2, 0.25) is 0 Å². The summed E-state index contributed by atoms with van der Waals surface area (Å²) in [4.78, 5) is 11.4. The fourth-order valence-corrected chi connectivity index (χ4v) is 1.96. The largest absolute Gasteiger partial charge is 0.370 e. The molecule has 0 atom stereocenters. The normalized spacial score (nSPS) is 19.7. The van der Waals surface area contributed by atoms with Crippen molar-refractivity contribution in [1.29, 1.82) is 0 Å². The number of guanidine groups is 1. The molecule has 0 aliphatic carbocycles. The van der Waals surface area contributed by atoms with Crippen LogP contribution in [0.2, 0.25) is 0 Å². The zero-order valence-corrected chi connectivity index (χ0v) is 12.6. The van der Waals surface area contributed by atoms with E-state index >= 15 is 0 Å². The van der Waals surface area contributed by atoms with Gasteiger partial charge in [-0.15, -0.1) is 0 Å². The van der Waals surface area contributed by atoms with E-state index in [1.54, 1.807) is 0 Å². The zero-order chi connectivity index (χ0) is 13.8. The molecule has 0 bridgehead atoms. The molecule has 1 rings (SSSR count). The number of piperazine rings is 1. The minimum atomic E-state index is -0.0911. The Bertz CT molecular complexity index is 272. The minimum Gasteiger partial charge on any atom is -0.370 e. The standard InChI is InChI=1S/C13H29N5/c1-13(2,3)15-12(14)18-10-8-17(9-11-18)7-6-16(4)5/h6-11H2,1-5H3,(H2,14,15). The molecule has 0 aromatic carbocycles. The van der Waals surface area contributed by atoms with E-state index in [0.717, 1.165) is 39.3 Å². The van der Waals surface area contributed by atoms with Gasteiger partial charge in [-0.25, -0.2) is 4.99 Å². The van der Waals surface area contributed by atoms with E-state index in [1.807, 2.05) is 0 Å². The van der Waals surface area contributed by atoms with E-state index in [9.17, 15) is 0 Å². The Hall–Kier alpha value is -0.810. The molecule has 1 saturated heterocycles. The topological polar surface area (TPSA) is 48.1 Å². The van der Waals surface area contributed by atoms with E-state index in [1.165, 1.54) is 0 Å². The summed E-state index contributed by atoms with van der Waals surface area (Å²) in [7, 11) is 4.23. The Labute approximate surface area is 112 Å². The summed E-state index contributed by atoms with van der Waals surface area (Å²) in [5.41, 5.74) is 5.96. The fraction of sp³-hybridized carbons (Fsp3) is 0.923. The fourth-order valence-electron chi connectivity index (χ4n) is 1.96. The Morgan fingerprint density at radius 2 is 1.72 bits per heavy atom. The van der Waals surface area contributed by atoms with Crippen LogP contribution in [0.5, 0.6) is 0 Å². The maximum absolute atomic E-state index is 6.05. The summed E-state index contributed by atoms with van der Waals surface area (Å²) >= 11 is 0. The molecular formula is C13H29N5. The summed E-state index contributed by atoms with van der Waals surface area (Å²) in [6.45, 7) is 12.6. The van der Waals surface area contributed by atoms with Crippen molar-refractivity contribution >= 4 is 5.96 Å². The van der Waals surface area contributed by atoms with Crippen molar-refractivity contribution in [2.24, 2.45) is 10.7 Å². The average molecular weight is 255 g/mol. The molecule has 1 aliphatic heterocycles. The van der Waals surface area contributed by atoms with Crippen molar-refractivity contribution in [2.75, 3.05) is 53.4 Å². The van der Waals surface area contributed by atoms with E-state index in [0.29, 0.717) is 5.96 Å². The summed E-state index contributed by atoms with van der Waals surface area (Å²) in [6.07, 6.45) is 0. The number of rotatable bonds is 3. The molecule has 106 valence electrons. The Kier molecular flexibility index (Phi) is 5.41. The molecule has 0 saturated carbocycles. The molecule has 0 unspecified atom stereocenters. The van der Waals surface area contributed by atoms with Gasteiger partial charge in [0.05, 0.1) is 5.54 Å². The molecule has 1 heterocycles. The van der Waals surface area contributed by atoms with Gasteiger partial charge >= 0.3 is 0 Å². The quantitative estimate of drug-likeness (QED) is 0.581. The lowest BCUT2D eigenvalue weighted by molar-refractivity contribution is 0.167. The van der Waals surface area contributed by atoms with E-state index < -0.39 is 0 Å². The van der Waals surface area contributed by atoms with Gasteiger partial charge in [0.1, 0.15) is 0 Å². The molecule has 1 fully saturated rings. The molecule has 5 nitrogen and oxygen atoms in total. The third-order valence-electron chi connectivity index (χ3n) is 3.01. The van der Waals surface area contributed by atoms with Crippen LogP contribution < -0.4 is 5.73 Å². The van der Waals surface area contributed by atoms with Crippen molar-refractivity contribution < 1.29 is 0 Å². The van der Waals surface area contributed by atoms with E-state index in [4.69, 9.17) is 5.73 Å². The second-order valence-corrected chi connectivity index (χ2v) is 6.27. The molecule has 5 heteroatoms. The lowest BCUT2D eigenvalue weighted by atomic mass is 10.1. The minimum absolute atomic E-state index is 0.0911. The molecule has 0 aromatic rings. The number of hydrogen-bond acceptors (Lipinski definition) is 3. The summed E-state index contributed by atoms with van der Waals surface area (Å²) < 4.78 is 0. The van der Waals surface area contributed by atoms with Crippen LogP contribution in [-0.2, 0) is 0 Å². The Morgan fingerprint density at radius 3 is 2.17 bits per heavy atom. The highest BCUT2D eigenvalue weighted by atomic mass is 15.3. The first kappa shape index (κ1) is 15.2. The van der Waals surface area contributed by atoms with Gasteiger partial charge in [-0.05, 0) is 34.9 Å². The van der Waals surface area contributed by atoms with Crippen molar-refractivity contribution in [3.63, 3.8) is 0 Å². The summed E-state index contributed by atoms with van der Waals surface area (Å²) in [5, 5.41) is 0. The highest BCUT2D eigenvalue weighted by Gasteiger charge is 2.19. The first-order valence-electron chi connectivity index (χ1n) is 6.75. The molecule has 0 amide bonds. The second-order valence-electron chi connectivity index (χ2n) is 6.27. The monoisotopic (exact) mass is 255 g/mol. The van der Waals surface area contributed by atoms with Gasteiger partial charge in [0.25, 0.3) is 0 Å². The van der Waals surface area contributed by atoms with Crippen LogP contribution in [0.15, 0.2) is 4.99 Å². The predicted octanol–water partition coefficient (Wildman–Crippen LogP) is 0.279. The smallest absolute Gasteiger partial charge is 0.191 e. The van der Waals surface area contributed by atoms with Crippen molar-refractivity contribution in [2.45, 2.75) is 26.3 Å². The van der Waals surface area contributed by atoms with Gasteiger partial charge in [-0.1, -0.05) is 0 Å². The summed E-state index contributed by atoms with van der Waals surface area (Å²) in [6, 6.07) is 0. The van der Waals surface area contributed by atoms with Crippen LogP contribution in [0.3, 0.4) is 0 Å². The Morgan fingerprint density at radius 1 is 1.17 bits per heavy atom. The zero-order valence-electron chi connectivity index (χ0n) is 12.6. The lowest BCUT2D eigenvalue weighted by Gasteiger charge is -2.36. The predicted molar refractivity (Wildman–Crippen MR) is 77.9 cm³/mol. The highest BCUT2D eigenvalue weighted by Crippen LogP contribution is 2.08. The number of nitrogens with two attached hydrogens (primary N) is 1. The van der Waals surface area contributed by atoms with Crippen molar-refractivity contribution in [3.05, 3.63) is 0 Å². The SMILES string of the molecule is CN(C)CCN1CCN(C(N)=NC(C)(C)C)CC1. The van der Waals surface area contributed by atoms with Gasteiger partial charge < -0.3 is 15.5 Å². The van der Waals surface area contributed by atoms with Gasteiger partial charge in [-0.2, -0.15) is 0 Å². The Balaban J connectivity index is 2.37. The number of aliphatic imine (C=N–C) groups is 1. The second kappa shape index (κ2) is 6.38. The molecule has 1 aliphatic rings. The number of hydrogen-bond donors (Lipinski definition) is 1. The highest BCUT2D eigenvalue weighted by molar-refractivity contribution is 5.78. The van der Waals surface area contributed by atoms with Crippen LogP contribution >= 0.6 is 0 Å². The maximum Gasteiger partial charge on any atom is 0.191 e. The van der Waals surface area contributed by atoms with Crippen LogP contribution in [0.4, 0.5) is 0 Å². The average Bonchev–Trinajstić information content (AvgIpc) is 2.24. The van der Waals surface area contributed by atoms with E-state index in [2.05, 4.69) is 54.6 Å². The summed E-state index contributed by atoms with van der Waals surface area (Å²) in [5.74, 6) is 0.690. The van der Waals surface area contributed by atoms with E-state index in [-0.39, 0.29) is 5.54 Å². The van der Waals surface area contributed by atoms with Crippen LogP contribution in [-0.4, -0.2) is 79.6 Å². The van der Waals surface area contributed by atoms with Gasteiger partial charge in [0, 0.05) is 39.3 Å². The molecule has 18 heavy (non-hydrogen) atoms. The third-order valence-corrected chi connectivity index (χ3v) is 3.01. The molecule has 0 radical (unpaired) electrons. The number of likely N-dealkylation sites (N-methyl/N-ethyl adjacent to an activating group) is 1. The van der Waals surface area contributed by atoms with Crippen LogP contribution in [0.1, 0.15) is 20.8 Å². The number of nitrogens with zero attached hydrogens (tertiary/aromatic N) is 4. The molecular weight excluding hydrogens is 226 g/mol. The van der Waals surface area contributed by atoms with Crippen molar-refractivity contribution in [3.8, 4) is 0 Å². The van der Waals surface area contributed by atoms with Gasteiger partial charge in [0.15, 0.2) is 5.96 Å². The molecule has 0 spiro atoms. The van der Waals surface area contributed by atoms with Crippen LogP contribution in [0.25, 0.3) is 0 Å². The van der Waals surface area contributed by atoms with Crippen molar-refractivity contribution in [1.82, 2.24) is 14.7 Å². The van der Waals surface area contributed by atoms with Gasteiger partial charge in [-0.3, -0.25) is 4.90 Å². The molecule has 2 N–H and O–H groups in total. The third kappa shape index (κ3) is 5.69. The maximum atomic E-state index is 6.05. The first-order valence-corrected chi connectivity index (χ1v) is 6.75.